The van der Waals surface area contributed by atoms with Gasteiger partial charge in [0.1, 0.15) is 23.9 Å². The van der Waals surface area contributed by atoms with E-state index in [2.05, 4.69) is 4.85 Å². The van der Waals surface area contributed by atoms with Crippen molar-refractivity contribution in [3.05, 3.63) is 119 Å². The maximum atomic E-state index is 12.8. The maximum Gasteiger partial charge on any atom is 0.343 e. The van der Waals surface area contributed by atoms with Gasteiger partial charge >= 0.3 is 11.9 Å². The number of carbonyl (C=O) groups excluding carboxylic acids is 2. The van der Waals surface area contributed by atoms with Crippen LogP contribution in [-0.2, 0) is 6.54 Å². The Morgan fingerprint density at radius 2 is 1.27 bits per heavy atom. The summed E-state index contributed by atoms with van der Waals surface area (Å²) in [5, 5.41) is 0. The molecule has 202 valence electrons. The first-order valence-corrected chi connectivity index (χ1v) is 12.7. The Bertz CT molecular complexity index is 1540. The number of esters is 2. The molecule has 0 saturated carbocycles. The van der Waals surface area contributed by atoms with E-state index in [1.54, 1.807) is 74.5 Å². The van der Waals surface area contributed by atoms with E-state index in [0.29, 0.717) is 58.3 Å². The zero-order valence-electron chi connectivity index (χ0n) is 22.9. The molecule has 0 atom stereocenters. The molecule has 40 heavy (non-hydrogen) atoms. The van der Waals surface area contributed by atoms with Gasteiger partial charge in [0, 0.05) is 31.9 Å². The third kappa shape index (κ3) is 6.83. The van der Waals surface area contributed by atoms with Crippen LogP contribution in [0.3, 0.4) is 0 Å². The fourth-order valence-electron chi connectivity index (χ4n) is 3.83. The van der Waals surface area contributed by atoms with E-state index in [9.17, 15) is 9.59 Å². The van der Waals surface area contributed by atoms with Crippen LogP contribution in [0.1, 0.15) is 31.8 Å². The monoisotopic (exact) mass is 536 g/mol. The second-order valence-electron chi connectivity index (χ2n) is 9.31. The van der Waals surface area contributed by atoms with Crippen molar-refractivity contribution in [1.82, 2.24) is 0 Å². The lowest BCUT2D eigenvalue weighted by Gasteiger charge is -2.14. The average molecular weight is 537 g/mol. The quantitative estimate of drug-likeness (QED) is 0.118. The Labute approximate surface area is 233 Å². The largest absolute Gasteiger partial charge is 0.487 e. The third-order valence-corrected chi connectivity index (χ3v) is 6.42. The molecule has 0 N–H and O–H groups in total. The summed E-state index contributed by atoms with van der Waals surface area (Å²) >= 11 is 0. The fourth-order valence-corrected chi connectivity index (χ4v) is 3.83. The lowest BCUT2D eigenvalue weighted by atomic mass is 10.1. The highest BCUT2D eigenvalue weighted by atomic mass is 16.5. The Morgan fingerprint density at radius 3 is 1.75 bits per heavy atom. The zero-order valence-corrected chi connectivity index (χ0v) is 22.9. The van der Waals surface area contributed by atoms with Crippen LogP contribution in [0.25, 0.3) is 4.85 Å². The molecule has 0 amide bonds. The SMILES string of the molecule is [C-]#[N+]c1ccc(C(=O)Oc2ccc(OC(=O)c3ccc(OCC[n+]4ccc(N(C)C)cc4)cc3)c(C)c2C)cc1. The molecule has 0 radical (unpaired) electrons. The van der Waals surface area contributed by atoms with Gasteiger partial charge in [-0.15, -0.1) is 0 Å². The fraction of sp³-hybridized carbons (Fsp3) is 0.188. The van der Waals surface area contributed by atoms with Gasteiger partial charge in [0.2, 0.25) is 0 Å². The van der Waals surface area contributed by atoms with Crippen LogP contribution < -0.4 is 23.7 Å². The summed E-state index contributed by atoms with van der Waals surface area (Å²) in [5.74, 6) is 0.359. The summed E-state index contributed by atoms with van der Waals surface area (Å²) in [7, 11) is 4.00. The molecule has 0 spiro atoms. The Balaban J connectivity index is 1.32. The molecule has 0 fully saturated rings. The number of aromatic nitrogens is 1. The lowest BCUT2D eigenvalue weighted by molar-refractivity contribution is -0.697. The number of benzene rings is 3. The Hall–Kier alpha value is -5.16. The van der Waals surface area contributed by atoms with Gasteiger partial charge in [-0.05, 0) is 61.4 Å². The van der Waals surface area contributed by atoms with Gasteiger partial charge in [-0.2, -0.15) is 0 Å². The first-order valence-electron chi connectivity index (χ1n) is 12.7. The molecule has 4 rings (SSSR count). The molecule has 1 heterocycles. The van der Waals surface area contributed by atoms with Crippen LogP contribution in [0, 0.1) is 20.4 Å². The summed E-state index contributed by atoms with van der Waals surface area (Å²) in [5.41, 5.74) is 3.65. The van der Waals surface area contributed by atoms with Crippen LogP contribution in [0.5, 0.6) is 17.2 Å². The molecule has 8 nitrogen and oxygen atoms in total. The second-order valence-corrected chi connectivity index (χ2v) is 9.31. The van der Waals surface area contributed by atoms with Gasteiger partial charge in [0.15, 0.2) is 24.6 Å². The summed E-state index contributed by atoms with van der Waals surface area (Å²) in [4.78, 5) is 30.7. The molecule has 0 unspecified atom stereocenters. The highest BCUT2D eigenvalue weighted by molar-refractivity contribution is 5.92. The number of carbonyl (C=O) groups is 2. The number of hydrogen-bond acceptors (Lipinski definition) is 6. The molecule has 0 saturated heterocycles. The third-order valence-electron chi connectivity index (χ3n) is 6.42. The standard InChI is InChI=1S/C32H30N3O5/c1-22-23(2)30(15-14-29(22)39-31(36)24-6-10-26(33-3)11-7-24)40-32(37)25-8-12-28(13-9-25)38-21-20-35-18-16-27(17-19-35)34(4)5/h6-19H,20-21H2,1-2,4-5H3/q+1. The first-order chi connectivity index (χ1) is 19.2. The summed E-state index contributed by atoms with van der Waals surface area (Å²) in [6, 6.07) is 20.3. The van der Waals surface area contributed by atoms with Gasteiger partial charge < -0.3 is 19.1 Å². The number of pyridine rings is 1. The van der Waals surface area contributed by atoms with Crippen molar-refractivity contribution in [2.45, 2.75) is 20.4 Å². The van der Waals surface area contributed by atoms with Crippen LogP contribution in [0.4, 0.5) is 11.4 Å². The molecule has 0 aliphatic carbocycles. The van der Waals surface area contributed by atoms with Crippen molar-refractivity contribution in [2.24, 2.45) is 0 Å². The highest BCUT2D eigenvalue weighted by Crippen LogP contribution is 2.30. The number of nitrogens with zero attached hydrogens (tertiary/aromatic N) is 3. The summed E-state index contributed by atoms with van der Waals surface area (Å²) in [6.45, 7) is 11.8. The normalized spacial score (nSPS) is 10.4. The van der Waals surface area contributed by atoms with E-state index in [0.717, 1.165) is 5.69 Å². The molecular weight excluding hydrogens is 506 g/mol. The van der Waals surface area contributed by atoms with E-state index in [4.69, 9.17) is 20.8 Å². The smallest absolute Gasteiger partial charge is 0.343 e. The predicted octanol–water partition coefficient (Wildman–Crippen LogP) is 5.73. The first kappa shape index (κ1) is 27.9. The van der Waals surface area contributed by atoms with Gasteiger partial charge in [0.25, 0.3) is 0 Å². The minimum Gasteiger partial charge on any atom is -0.487 e. The molecule has 1 aromatic heterocycles. The van der Waals surface area contributed by atoms with Gasteiger partial charge in [-0.25, -0.2) is 19.0 Å². The van der Waals surface area contributed by atoms with E-state index in [1.165, 1.54) is 0 Å². The van der Waals surface area contributed by atoms with E-state index < -0.39 is 11.9 Å². The average Bonchev–Trinajstić information content (AvgIpc) is 2.97. The van der Waals surface area contributed by atoms with Crippen molar-refractivity contribution in [1.29, 1.82) is 0 Å². The van der Waals surface area contributed by atoms with Crippen LogP contribution in [-0.4, -0.2) is 32.6 Å². The van der Waals surface area contributed by atoms with Gasteiger partial charge in [0.05, 0.1) is 17.7 Å². The highest BCUT2D eigenvalue weighted by Gasteiger charge is 2.16. The van der Waals surface area contributed by atoms with E-state index >= 15 is 0 Å². The topological polar surface area (TPSA) is 73.3 Å². The molecule has 8 heteroatoms. The number of hydrogen-bond donors (Lipinski definition) is 0. The Morgan fingerprint density at radius 1 is 0.775 bits per heavy atom. The summed E-state index contributed by atoms with van der Waals surface area (Å²) in [6.07, 6.45) is 4.02. The van der Waals surface area contributed by atoms with Crippen molar-refractivity contribution in [3.63, 3.8) is 0 Å². The lowest BCUT2D eigenvalue weighted by Crippen LogP contribution is -2.35. The minimum atomic E-state index is -0.535. The minimum absolute atomic E-state index is 0.338. The summed E-state index contributed by atoms with van der Waals surface area (Å²) < 4.78 is 19.0. The van der Waals surface area contributed by atoms with Gasteiger partial charge in [-0.3, -0.25) is 0 Å². The molecule has 0 aliphatic heterocycles. The molecule has 4 aromatic rings. The number of anilines is 1. The Kier molecular flexibility index (Phi) is 8.77. The molecule has 0 aliphatic rings. The zero-order chi connectivity index (χ0) is 28.6. The molecular formula is C32H30N3O5+. The van der Waals surface area contributed by atoms with Gasteiger partial charge in [-0.1, -0.05) is 24.3 Å². The van der Waals surface area contributed by atoms with E-state index in [1.807, 2.05) is 48.1 Å². The van der Waals surface area contributed by atoms with Crippen molar-refractivity contribution < 1.29 is 28.4 Å². The van der Waals surface area contributed by atoms with Crippen molar-refractivity contribution >= 4 is 23.3 Å². The van der Waals surface area contributed by atoms with Crippen LogP contribution in [0.2, 0.25) is 0 Å². The molecule has 3 aromatic carbocycles. The second kappa shape index (κ2) is 12.6. The predicted molar refractivity (Wildman–Crippen MR) is 151 cm³/mol. The van der Waals surface area contributed by atoms with Crippen molar-refractivity contribution in [3.8, 4) is 17.2 Å². The number of rotatable bonds is 9. The maximum absolute atomic E-state index is 12.8. The number of ether oxygens (including phenoxy) is 3. The van der Waals surface area contributed by atoms with Crippen LogP contribution in [0.15, 0.2) is 85.2 Å². The molecule has 0 bridgehead atoms. The van der Waals surface area contributed by atoms with Crippen LogP contribution >= 0.6 is 0 Å². The van der Waals surface area contributed by atoms with Crippen molar-refractivity contribution in [2.75, 3.05) is 25.6 Å². The van der Waals surface area contributed by atoms with E-state index in [-0.39, 0.29) is 0 Å².